The molecular weight excluding hydrogens is 238 g/mol. The molecule has 0 bridgehead atoms. The molecule has 17 heavy (non-hydrogen) atoms. The third kappa shape index (κ3) is 3.41. The summed E-state index contributed by atoms with van der Waals surface area (Å²) in [6.45, 7) is 0.656. The first-order valence-corrected chi connectivity index (χ1v) is 6.70. The van der Waals surface area contributed by atoms with Crippen LogP contribution in [0, 0.1) is 5.92 Å². The van der Waals surface area contributed by atoms with Gasteiger partial charge in [-0.15, -0.1) is 11.3 Å². The third-order valence-electron chi connectivity index (χ3n) is 3.12. The number of nitrogens with one attached hydrogen (secondary N) is 1. The van der Waals surface area contributed by atoms with Gasteiger partial charge in [0, 0.05) is 11.9 Å². The molecule has 94 valence electrons. The second-order valence-electron chi connectivity index (χ2n) is 4.46. The molecule has 5 nitrogen and oxygen atoms in total. The van der Waals surface area contributed by atoms with Crippen LogP contribution >= 0.6 is 11.3 Å². The highest BCUT2D eigenvalue weighted by Crippen LogP contribution is 2.23. The molecule has 1 heterocycles. The molecule has 0 radical (unpaired) electrons. The average Bonchev–Trinajstić information content (AvgIpc) is 2.75. The van der Waals surface area contributed by atoms with E-state index in [2.05, 4.69) is 10.3 Å². The van der Waals surface area contributed by atoms with Gasteiger partial charge in [0.25, 0.3) is 5.91 Å². The fourth-order valence-corrected chi connectivity index (χ4v) is 2.61. The molecule has 1 saturated carbocycles. The van der Waals surface area contributed by atoms with Crippen LogP contribution in [0.5, 0.6) is 0 Å². The number of nitrogen functional groups attached to an aromatic ring is 1. The topological polar surface area (TPSA) is 88.2 Å². The molecule has 0 aliphatic heterocycles. The van der Waals surface area contributed by atoms with Crippen molar-refractivity contribution in [2.45, 2.75) is 31.8 Å². The van der Waals surface area contributed by atoms with Crippen molar-refractivity contribution in [1.82, 2.24) is 10.3 Å². The lowest BCUT2D eigenvalue weighted by Crippen LogP contribution is -2.32. The van der Waals surface area contributed by atoms with E-state index in [0.717, 1.165) is 25.7 Å². The summed E-state index contributed by atoms with van der Waals surface area (Å²) in [6, 6.07) is 0. The normalized spacial score (nSPS) is 24.5. The molecule has 1 aliphatic rings. The zero-order chi connectivity index (χ0) is 12.3. The minimum atomic E-state index is -0.163. The Hall–Kier alpha value is -1.14. The van der Waals surface area contributed by atoms with Gasteiger partial charge in [0.1, 0.15) is 5.69 Å². The zero-order valence-electron chi connectivity index (χ0n) is 9.56. The van der Waals surface area contributed by atoms with Gasteiger partial charge in [-0.25, -0.2) is 4.98 Å². The van der Waals surface area contributed by atoms with Crippen LogP contribution in [-0.4, -0.2) is 28.6 Å². The van der Waals surface area contributed by atoms with Gasteiger partial charge in [-0.1, -0.05) is 0 Å². The molecule has 0 atom stereocenters. The van der Waals surface area contributed by atoms with E-state index < -0.39 is 0 Å². The number of rotatable bonds is 3. The number of hydrogen-bond acceptors (Lipinski definition) is 5. The molecule has 0 unspecified atom stereocenters. The van der Waals surface area contributed by atoms with E-state index in [-0.39, 0.29) is 12.0 Å². The Morgan fingerprint density at radius 3 is 2.82 bits per heavy atom. The van der Waals surface area contributed by atoms with Gasteiger partial charge in [0.05, 0.1) is 6.10 Å². The van der Waals surface area contributed by atoms with Crippen molar-refractivity contribution < 1.29 is 9.90 Å². The van der Waals surface area contributed by atoms with Gasteiger partial charge >= 0.3 is 0 Å². The smallest absolute Gasteiger partial charge is 0.270 e. The molecule has 1 aromatic rings. The molecule has 0 aromatic carbocycles. The molecule has 2 rings (SSSR count). The number of nitrogens with two attached hydrogens (primary N) is 1. The van der Waals surface area contributed by atoms with Crippen LogP contribution in [-0.2, 0) is 0 Å². The Balaban J connectivity index is 1.76. The first kappa shape index (κ1) is 12.3. The predicted molar refractivity (Wildman–Crippen MR) is 66.8 cm³/mol. The maximum atomic E-state index is 11.7. The van der Waals surface area contributed by atoms with Gasteiger partial charge in [-0.3, -0.25) is 4.79 Å². The van der Waals surface area contributed by atoms with Crippen molar-refractivity contribution in [3.05, 3.63) is 11.1 Å². The lowest BCUT2D eigenvalue weighted by molar-refractivity contribution is 0.0906. The lowest BCUT2D eigenvalue weighted by atomic mass is 9.87. The fraction of sp³-hybridized carbons (Fsp3) is 0.636. The number of nitrogens with zero attached hydrogens (tertiary/aromatic N) is 1. The maximum absolute atomic E-state index is 11.7. The highest BCUT2D eigenvalue weighted by Gasteiger charge is 2.20. The quantitative estimate of drug-likeness (QED) is 0.752. The van der Waals surface area contributed by atoms with Crippen LogP contribution in [0.15, 0.2) is 5.38 Å². The van der Waals surface area contributed by atoms with Gasteiger partial charge in [-0.2, -0.15) is 0 Å². The highest BCUT2D eigenvalue weighted by atomic mass is 32.1. The standard InChI is InChI=1S/C11H17N3O2S/c12-11-14-9(6-17-11)10(16)13-5-7-1-3-8(15)4-2-7/h6-8,15H,1-5H2,(H2,12,14)(H,13,16). The van der Waals surface area contributed by atoms with E-state index in [9.17, 15) is 9.90 Å². The van der Waals surface area contributed by atoms with E-state index in [1.165, 1.54) is 11.3 Å². The average molecular weight is 255 g/mol. The van der Waals surface area contributed by atoms with E-state index in [4.69, 9.17) is 5.73 Å². The number of thiazole rings is 1. The van der Waals surface area contributed by atoms with Crippen molar-refractivity contribution in [2.75, 3.05) is 12.3 Å². The van der Waals surface area contributed by atoms with Crippen molar-refractivity contribution in [2.24, 2.45) is 5.92 Å². The summed E-state index contributed by atoms with van der Waals surface area (Å²) in [6.07, 6.45) is 3.47. The Labute approximate surface area is 104 Å². The van der Waals surface area contributed by atoms with Gasteiger partial charge in [0.15, 0.2) is 5.13 Å². The Morgan fingerprint density at radius 2 is 2.24 bits per heavy atom. The van der Waals surface area contributed by atoms with Crippen LogP contribution in [0.3, 0.4) is 0 Å². The number of carbonyl (C=O) groups is 1. The van der Waals surface area contributed by atoms with Crippen LogP contribution in [0.25, 0.3) is 0 Å². The molecule has 1 fully saturated rings. The van der Waals surface area contributed by atoms with Crippen molar-refractivity contribution >= 4 is 22.4 Å². The van der Waals surface area contributed by atoms with Crippen LogP contribution in [0.2, 0.25) is 0 Å². The molecule has 1 amide bonds. The minimum absolute atomic E-state index is 0.153. The monoisotopic (exact) mass is 255 g/mol. The first-order chi connectivity index (χ1) is 8.15. The second-order valence-corrected chi connectivity index (χ2v) is 5.35. The molecule has 6 heteroatoms. The fourth-order valence-electron chi connectivity index (χ4n) is 2.07. The Morgan fingerprint density at radius 1 is 1.53 bits per heavy atom. The van der Waals surface area contributed by atoms with Crippen LogP contribution < -0.4 is 11.1 Å². The van der Waals surface area contributed by atoms with Gasteiger partial charge in [0.2, 0.25) is 0 Å². The first-order valence-electron chi connectivity index (χ1n) is 5.82. The zero-order valence-corrected chi connectivity index (χ0v) is 10.4. The molecule has 1 aliphatic carbocycles. The minimum Gasteiger partial charge on any atom is -0.393 e. The van der Waals surface area contributed by atoms with Crippen LogP contribution in [0.4, 0.5) is 5.13 Å². The summed E-state index contributed by atoms with van der Waals surface area (Å²) in [7, 11) is 0. The summed E-state index contributed by atoms with van der Waals surface area (Å²) < 4.78 is 0. The van der Waals surface area contributed by atoms with Crippen molar-refractivity contribution in [3.8, 4) is 0 Å². The summed E-state index contributed by atoms with van der Waals surface area (Å²) in [4.78, 5) is 15.6. The SMILES string of the molecule is Nc1nc(C(=O)NCC2CCC(O)CC2)cs1. The van der Waals surface area contributed by atoms with Crippen molar-refractivity contribution in [1.29, 1.82) is 0 Å². The summed E-state index contributed by atoms with van der Waals surface area (Å²) in [5, 5.41) is 14.3. The molecule has 1 aromatic heterocycles. The number of aliphatic hydroxyl groups is 1. The molecule has 0 saturated heterocycles. The van der Waals surface area contributed by atoms with E-state index in [0.29, 0.717) is 23.3 Å². The van der Waals surface area contributed by atoms with Crippen LogP contribution in [0.1, 0.15) is 36.2 Å². The number of carbonyl (C=O) groups excluding carboxylic acids is 1. The Bertz CT molecular complexity index is 386. The molecule has 4 N–H and O–H groups in total. The second kappa shape index (κ2) is 5.46. The third-order valence-corrected chi connectivity index (χ3v) is 3.80. The molecular formula is C11H17N3O2S. The Kier molecular flexibility index (Phi) is 3.96. The maximum Gasteiger partial charge on any atom is 0.270 e. The number of anilines is 1. The largest absolute Gasteiger partial charge is 0.393 e. The summed E-state index contributed by atoms with van der Waals surface area (Å²) in [5.41, 5.74) is 5.86. The number of hydrogen-bond donors (Lipinski definition) is 3. The van der Waals surface area contributed by atoms with Gasteiger partial charge < -0.3 is 16.2 Å². The van der Waals surface area contributed by atoms with E-state index in [1.54, 1.807) is 5.38 Å². The number of aliphatic hydroxyl groups excluding tert-OH is 1. The van der Waals surface area contributed by atoms with E-state index >= 15 is 0 Å². The predicted octanol–water partition coefficient (Wildman–Crippen LogP) is 1.01. The highest BCUT2D eigenvalue weighted by molar-refractivity contribution is 7.13. The lowest BCUT2D eigenvalue weighted by Gasteiger charge is -2.25. The number of aromatic nitrogens is 1. The molecule has 0 spiro atoms. The van der Waals surface area contributed by atoms with E-state index in [1.807, 2.05) is 0 Å². The summed E-state index contributed by atoms with van der Waals surface area (Å²) in [5.74, 6) is 0.308. The summed E-state index contributed by atoms with van der Waals surface area (Å²) >= 11 is 1.27. The van der Waals surface area contributed by atoms with Gasteiger partial charge in [-0.05, 0) is 31.6 Å². The van der Waals surface area contributed by atoms with Crippen molar-refractivity contribution in [3.63, 3.8) is 0 Å². The number of amides is 1.